The number of ether oxygens (including phenoxy) is 2. The van der Waals surface area contributed by atoms with Crippen molar-refractivity contribution in [3.63, 3.8) is 0 Å². The van der Waals surface area contributed by atoms with E-state index in [9.17, 15) is 4.79 Å². The Morgan fingerprint density at radius 3 is 2.32 bits per heavy atom. The molecule has 0 saturated heterocycles. The van der Waals surface area contributed by atoms with E-state index in [-0.39, 0.29) is 18.1 Å². The molecule has 1 aliphatic rings. The molecule has 0 radical (unpaired) electrons. The first-order valence-electron chi connectivity index (χ1n) is 8.55. The van der Waals surface area contributed by atoms with Gasteiger partial charge in [-0.05, 0) is 44.7 Å². The molecule has 1 aliphatic carbocycles. The molecule has 1 aromatic heterocycles. The highest BCUT2D eigenvalue weighted by molar-refractivity contribution is 5.94. The van der Waals surface area contributed by atoms with Gasteiger partial charge < -0.3 is 14.8 Å². The van der Waals surface area contributed by atoms with Gasteiger partial charge in [-0.25, -0.2) is 9.97 Å². The lowest BCUT2D eigenvalue weighted by Crippen LogP contribution is -2.39. The molecule has 0 aliphatic heterocycles. The summed E-state index contributed by atoms with van der Waals surface area (Å²) >= 11 is 0. The summed E-state index contributed by atoms with van der Waals surface area (Å²) in [7, 11) is 1.55. The molecule has 1 saturated carbocycles. The molecule has 0 spiro atoms. The van der Waals surface area contributed by atoms with Gasteiger partial charge in [-0.3, -0.25) is 4.79 Å². The summed E-state index contributed by atoms with van der Waals surface area (Å²) in [6.07, 6.45) is 6.71. The van der Waals surface area contributed by atoms with Crippen molar-refractivity contribution in [3.8, 4) is 11.8 Å². The summed E-state index contributed by atoms with van der Waals surface area (Å²) in [5, 5.41) is 3.11. The molecule has 1 aromatic carbocycles. The summed E-state index contributed by atoms with van der Waals surface area (Å²) in [5.41, 5.74) is 1.85. The van der Waals surface area contributed by atoms with Crippen molar-refractivity contribution < 1.29 is 14.3 Å². The van der Waals surface area contributed by atoms with E-state index < -0.39 is 0 Å². The van der Waals surface area contributed by atoms with E-state index in [0.29, 0.717) is 17.3 Å². The molecule has 2 aromatic rings. The largest absolute Gasteiger partial charge is 0.477 e. The minimum absolute atomic E-state index is 0.0139. The fourth-order valence-corrected chi connectivity index (χ4v) is 2.99. The Labute approximate surface area is 147 Å². The number of amides is 1. The monoisotopic (exact) mass is 341 g/mol. The number of carbonyl (C=O) groups is 1. The van der Waals surface area contributed by atoms with Crippen LogP contribution in [0.2, 0.25) is 0 Å². The van der Waals surface area contributed by atoms with Crippen LogP contribution in [0.1, 0.15) is 41.6 Å². The Morgan fingerprint density at radius 2 is 1.68 bits per heavy atom. The van der Waals surface area contributed by atoms with E-state index in [0.717, 1.165) is 31.2 Å². The van der Waals surface area contributed by atoms with Gasteiger partial charge in [0.1, 0.15) is 6.10 Å². The minimum atomic E-state index is -0.0139. The van der Waals surface area contributed by atoms with E-state index in [1.807, 2.05) is 31.2 Å². The summed E-state index contributed by atoms with van der Waals surface area (Å²) in [6, 6.07) is 7.80. The minimum Gasteiger partial charge on any atom is -0.477 e. The molecule has 1 amide bonds. The standard InChI is InChI=1S/C19H23N3O3/c1-13-3-5-14(6-4-13)17(23)22-15-7-9-16(10-8-15)25-19-18(24-2)20-11-12-21-19/h3-6,11-12,15-16H,7-10H2,1-2H3,(H,22,23). The third kappa shape index (κ3) is 4.47. The Morgan fingerprint density at radius 1 is 1.04 bits per heavy atom. The van der Waals surface area contributed by atoms with Gasteiger partial charge in [0.25, 0.3) is 17.7 Å². The number of nitrogens with one attached hydrogen (secondary N) is 1. The van der Waals surface area contributed by atoms with Gasteiger partial charge in [0.15, 0.2) is 0 Å². The van der Waals surface area contributed by atoms with Crippen molar-refractivity contribution in [2.75, 3.05) is 7.11 Å². The Hall–Kier alpha value is -2.63. The first-order chi connectivity index (χ1) is 12.2. The second kappa shape index (κ2) is 7.96. The number of benzene rings is 1. The summed E-state index contributed by atoms with van der Waals surface area (Å²) in [4.78, 5) is 20.6. The van der Waals surface area contributed by atoms with Crippen LogP contribution in [-0.2, 0) is 0 Å². The highest BCUT2D eigenvalue weighted by atomic mass is 16.5. The molecule has 1 heterocycles. The molecular weight excluding hydrogens is 318 g/mol. The van der Waals surface area contributed by atoms with Gasteiger partial charge >= 0.3 is 0 Å². The zero-order valence-electron chi connectivity index (χ0n) is 14.6. The van der Waals surface area contributed by atoms with Gasteiger partial charge in [-0.2, -0.15) is 0 Å². The van der Waals surface area contributed by atoms with Crippen LogP contribution in [0.5, 0.6) is 11.8 Å². The molecule has 0 bridgehead atoms. The average molecular weight is 341 g/mol. The van der Waals surface area contributed by atoms with Crippen LogP contribution in [0.15, 0.2) is 36.7 Å². The predicted octanol–water partition coefficient (Wildman–Crippen LogP) is 2.91. The zero-order chi connectivity index (χ0) is 17.6. The number of hydrogen-bond acceptors (Lipinski definition) is 5. The molecule has 6 heteroatoms. The van der Waals surface area contributed by atoms with Crippen molar-refractivity contribution in [2.45, 2.75) is 44.8 Å². The van der Waals surface area contributed by atoms with Crippen LogP contribution in [0.3, 0.4) is 0 Å². The maximum Gasteiger partial charge on any atom is 0.278 e. The number of rotatable bonds is 5. The van der Waals surface area contributed by atoms with Gasteiger partial charge in [-0.1, -0.05) is 17.7 Å². The third-order valence-corrected chi connectivity index (χ3v) is 4.43. The van der Waals surface area contributed by atoms with E-state index in [4.69, 9.17) is 9.47 Å². The molecule has 132 valence electrons. The highest BCUT2D eigenvalue weighted by Gasteiger charge is 2.25. The smallest absolute Gasteiger partial charge is 0.278 e. The normalized spacial score (nSPS) is 19.9. The van der Waals surface area contributed by atoms with E-state index >= 15 is 0 Å². The number of methoxy groups -OCH3 is 1. The Bertz CT molecular complexity index is 710. The third-order valence-electron chi connectivity index (χ3n) is 4.43. The van der Waals surface area contributed by atoms with Crippen molar-refractivity contribution >= 4 is 5.91 Å². The highest BCUT2D eigenvalue weighted by Crippen LogP contribution is 2.27. The van der Waals surface area contributed by atoms with Gasteiger partial charge in [0.2, 0.25) is 0 Å². The molecule has 1 fully saturated rings. The fourth-order valence-electron chi connectivity index (χ4n) is 2.99. The molecule has 1 N–H and O–H groups in total. The van der Waals surface area contributed by atoms with Gasteiger partial charge in [0.05, 0.1) is 7.11 Å². The quantitative estimate of drug-likeness (QED) is 0.905. The second-order valence-electron chi connectivity index (χ2n) is 6.30. The van der Waals surface area contributed by atoms with Crippen LogP contribution in [0.25, 0.3) is 0 Å². The molecule has 3 rings (SSSR count). The lowest BCUT2D eigenvalue weighted by atomic mass is 9.92. The zero-order valence-corrected chi connectivity index (χ0v) is 14.6. The van der Waals surface area contributed by atoms with Crippen molar-refractivity contribution in [3.05, 3.63) is 47.8 Å². The molecule has 25 heavy (non-hydrogen) atoms. The number of aryl methyl sites for hydroxylation is 1. The Balaban J connectivity index is 1.50. The second-order valence-corrected chi connectivity index (χ2v) is 6.30. The SMILES string of the molecule is COc1nccnc1OC1CCC(NC(=O)c2ccc(C)cc2)CC1. The van der Waals surface area contributed by atoms with E-state index in [1.165, 1.54) is 0 Å². The number of aromatic nitrogens is 2. The number of nitrogens with zero attached hydrogens (tertiary/aromatic N) is 2. The van der Waals surface area contributed by atoms with Crippen molar-refractivity contribution in [2.24, 2.45) is 0 Å². The van der Waals surface area contributed by atoms with Crippen LogP contribution in [-0.4, -0.2) is 35.1 Å². The fraction of sp³-hybridized carbons (Fsp3) is 0.421. The van der Waals surface area contributed by atoms with Gasteiger partial charge in [-0.15, -0.1) is 0 Å². The lowest BCUT2D eigenvalue weighted by Gasteiger charge is -2.29. The molecule has 0 atom stereocenters. The summed E-state index contributed by atoms with van der Waals surface area (Å²) < 4.78 is 11.1. The maximum absolute atomic E-state index is 12.3. The lowest BCUT2D eigenvalue weighted by molar-refractivity contribution is 0.0886. The van der Waals surface area contributed by atoms with Crippen molar-refractivity contribution in [1.29, 1.82) is 0 Å². The molecule has 6 nitrogen and oxygen atoms in total. The Kier molecular flexibility index (Phi) is 5.48. The first kappa shape index (κ1) is 17.2. The van der Waals surface area contributed by atoms with Crippen molar-refractivity contribution in [1.82, 2.24) is 15.3 Å². The molecular formula is C19H23N3O3. The van der Waals surface area contributed by atoms with Crippen LogP contribution >= 0.6 is 0 Å². The van der Waals surface area contributed by atoms with Crippen LogP contribution in [0.4, 0.5) is 0 Å². The number of hydrogen-bond donors (Lipinski definition) is 1. The van der Waals surface area contributed by atoms with Crippen LogP contribution in [0, 0.1) is 6.92 Å². The predicted molar refractivity (Wildman–Crippen MR) is 93.9 cm³/mol. The van der Waals surface area contributed by atoms with E-state index in [1.54, 1.807) is 19.5 Å². The maximum atomic E-state index is 12.3. The first-order valence-corrected chi connectivity index (χ1v) is 8.55. The van der Waals surface area contributed by atoms with Gasteiger partial charge in [0, 0.05) is 24.0 Å². The van der Waals surface area contributed by atoms with E-state index in [2.05, 4.69) is 15.3 Å². The van der Waals surface area contributed by atoms with Crippen LogP contribution < -0.4 is 14.8 Å². The summed E-state index contributed by atoms with van der Waals surface area (Å²) in [5.74, 6) is 0.814. The topological polar surface area (TPSA) is 73.3 Å². The average Bonchev–Trinajstić information content (AvgIpc) is 2.64. The number of carbonyl (C=O) groups excluding carboxylic acids is 1. The summed E-state index contributed by atoms with van der Waals surface area (Å²) in [6.45, 7) is 2.01. The molecule has 0 unspecified atom stereocenters.